The SMILES string of the molecule is Cc1ccccc1N1C(=O)NC(=O)/C(=C/c2ccc(-c3cccc(C(=O)O)c3)o2)C1=O. The largest absolute Gasteiger partial charge is 0.478 e. The summed E-state index contributed by atoms with van der Waals surface area (Å²) in [6, 6.07) is 15.3. The number of nitrogens with zero attached hydrogens (tertiary/aromatic N) is 1. The van der Waals surface area contributed by atoms with Crippen LogP contribution in [0.25, 0.3) is 17.4 Å². The standard InChI is InChI=1S/C23H16N2O6/c1-13-5-2-3-8-18(13)25-21(27)17(20(26)24-23(25)30)12-16-9-10-19(31-16)14-6-4-7-15(11-14)22(28)29/h2-12H,1H3,(H,28,29)(H,24,26,30)/b17-12-. The molecule has 8 nitrogen and oxygen atoms in total. The number of rotatable bonds is 4. The minimum Gasteiger partial charge on any atom is -0.478 e. The van der Waals surface area contributed by atoms with Crippen molar-refractivity contribution < 1.29 is 28.7 Å². The lowest BCUT2D eigenvalue weighted by Crippen LogP contribution is -2.54. The third kappa shape index (κ3) is 3.74. The molecule has 0 atom stereocenters. The van der Waals surface area contributed by atoms with E-state index < -0.39 is 23.8 Å². The molecule has 154 valence electrons. The smallest absolute Gasteiger partial charge is 0.335 e. The number of amides is 4. The summed E-state index contributed by atoms with van der Waals surface area (Å²) < 4.78 is 5.69. The highest BCUT2D eigenvalue weighted by Crippen LogP contribution is 2.27. The summed E-state index contributed by atoms with van der Waals surface area (Å²) in [4.78, 5) is 49.7. The Labute approximate surface area is 176 Å². The van der Waals surface area contributed by atoms with Gasteiger partial charge in [-0.05, 0) is 48.9 Å². The highest BCUT2D eigenvalue weighted by Gasteiger charge is 2.37. The van der Waals surface area contributed by atoms with E-state index in [9.17, 15) is 19.2 Å². The number of carboxylic acid groups (broad SMARTS) is 1. The lowest BCUT2D eigenvalue weighted by molar-refractivity contribution is -0.122. The molecule has 0 aliphatic carbocycles. The normalized spacial score (nSPS) is 15.3. The number of aromatic carboxylic acids is 1. The monoisotopic (exact) mass is 416 g/mol. The number of para-hydroxylation sites is 1. The van der Waals surface area contributed by atoms with Crippen molar-refractivity contribution >= 4 is 35.6 Å². The average Bonchev–Trinajstić information content (AvgIpc) is 3.21. The van der Waals surface area contributed by atoms with Crippen molar-refractivity contribution in [2.24, 2.45) is 0 Å². The predicted molar refractivity (Wildman–Crippen MR) is 111 cm³/mol. The van der Waals surface area contributed by atoms with Gasteiger partial charge in [-0.2, -0.15) is 0 Å². The third-order valence-corrected chi connectivity index (χ3v) is 4.77. The fraction of sp³-hybridized carbons (Fsp3) is 0.0435. The zero-order valence-electron chi connectivity index (χ0n) is 16.3. The second-order valence-corrected chi connectivity index (χ2v) is 6.83. The van der Waals surface area contributed by atoms with Crippen LogP contribution in [0.1, 0.15) is 21.7 Å². The highest BCUT2D eigenvalue weighted by atomic mass is 16.4. The Kier molecular flexibility index (Phi) is 4.96. The van der Waals surface area contributed by atoms with Gasteiger partial charge in [0.15, 0.2) is 0 Å². The molecule has 1 saturated heterocycles. The molecule has 31 heavy (non-hydrogen) atoms. The minimum absolute atomic E-state index is 0.100. The van der Waals surface area contributed by atoms with Gasteiger partial charge in [-0.15, -0.1) is 0 Å². The van der Waals surface area contributed by atoms with E-state index in [1.165, 1.54) is 18.2 Å². The van der Waals surface area contributed by atoms with Crippen molar-refractivity contribution in [3.05, 3.63) is 83.1 Å². The molecule has 2 aromatic carbocycles. The van der Waals surface area contributed by atoms with Crippen LogP contribution in [-0.4, -0.2) is 28.9 Å². The maximum atomic E-state index is 13.0. The van der Waals surface area contributed by atoms with Crippen LogP contribution in [0.4, 0.5) is 10.5 Å². The Morgan fingerprint density at radius 3 is 2.55 bits per heavy atom. The van der Waals surface area contributed by atoms with Gasteiger partial charge in [-0.25, -0.2) is 14.5 Å². The summed E-state index contributed by atoms with van der Waals surface area (Å²) in [5, 5.41) is 11.3. The quantitative estimate of drug-likeness (QED) is 0.496. The number of imide groups is 2. The average molecular weight is 416 g/mol. The molecule has 8 heteroatoms. The molecule has 0 saturated carbocycles. The van der Waals surface area contributed by atoms with Gasteiger partial charge in [0.25, 0.3) is 11.8 Å². The lowest BCUT2D eigenvalue weighted by atomic mass is 10.1. The fourth-order valence-electron chi connectivity index (χ4n) is 3.22. The van der Waals surface area contributed by atoms with E-state index in [2.05, 4.69) is 5.32 Å². The minimum atomic E-state index is -1.07. The number of urea groups is 1. The Hall–Kier alpha value is -4.46. The first-order valence-electron chi connectivity index (χ1n) is 9.26. The maximum Gasteiger partial charge on any atom is 0.335 e. The molecule has 1 fully saturated rings. The van der Waals surface area contributed by atoms with Gasteiger partial charge < -0.3 is 9.52 Å². The molecule has 0 bridgehead atoms. The van der Waals surface area contributed by atoms with E-state index in [4.69, 9.17) is 9.52 Å². The van der Waals surface area contributed by atoms with Crippen molar-refractivity contribution in [1.29, 1.82) is 0 Å². The second-order valence-electron chi connectivity index (χ2n) is 6.83. The maximum absolute atomic E-state index is 13.0. The number of carbonyl (C=O) groups excluding carboxylic acids is 3. The topological polar surface area (TPSA) is 117 Å². The summed E-state index contributed by atoms with van der Waals surface area (Å²) in [6.45, 7) is 1.75. The second kappa shape index (κ2) is 7.75. The lowest BCUT2D eigenvalue weighted by Gasteiger charge is -2.27. The molecule has 2 heterocycles. The highest BCUT2D eigenvalue weighted by molar-refractivity contribution is 6.39. The number of barbiturate groups is 1. The molecule has 1 aliphatic heterocycles. The summed E-state index contributed by atoms with van der Waals surface area (Å²) in [6.07, 6.45) is 1.25. The van der Waals surface area contributed by atoms with Crippen LogP contribution in [-0.2, 0) is 9.59 Å². The van der Waals surface area contributed by atoms with Crippen molar-refractivity contribution in [3.8, 4) is 11.3 Å². The molecule has 3 aromatic rings. The van der Waals surface area contributed by atoms with Gasteiger partial charge in [0, 0.05) is 5.56 Å². The first kappa shape index (κ1) is 19.8. The van der Waals surface area contributed by atoms with E-state index >= 15 is 0 Å². The van der Waals surface area contributed by atoms with Crippen molar-refractivity contribution in [3.63, 3.8) is 0 Å². The molecule has 4 rings (SSSR count). The van der Waals surface area contributed by atoms with Crippen molar-refractivity contribution in [1.82, 2.24) is 5.32 Å². The zero-order chi connectivity index (χ0) is 22.1. The molecule has 1 aliphatic rings. The van der Waals surface area contributed by atoms with Crippen LogP contribution in [0.15, 0.2) is 70.7 Å². The molecule has 2 N–H and O–H groups in total. The molecular weight excluding hydrogens is 400 g/mol. The number of aryl methyl sites for hydroxylation is 1. The Balaban J connectivity index is 1.68. The van der Waals surface area contributed by atoms with E-state index in [-0.39, 0.29) is 16.9 Å². The van der Waals surface area contributed by atoms with E-state index in [1.54, 1.807) is 55.5 Å². The predicted octanol–water partition coefficient (Wildman–Crippen LogP) is 3.62. The van der Waals surface area contributed by atoms with E-state index in [0.29, 0.717) is 22.6 Å². The van der Waals surface area contributed by atoms with Crippen LogP contribution in [0, 0.1) is 6.92 Å². The summed E-state index contributed by atoms with van der Waals surface area (Å²) in [7, 11) is 0. The van der Waals surface area contributed by atoms with Crippen molar-refractivity contribution in [2.45, 2.75) is 6.92 Å². The summed E-state index contributed by atoms with van der Waals surface area (Å²) in [5.74, 6) is -2.10. The van der Waals surface area contributed by atoms with E-state index in [1.807, 2.05) is 0 Å². The van der Waals surface area contributed by atoms with Gasteiger partial charge in [-0.1, -0.05) is 30.3 Å². The first-order valence-corrected chi connectivity index (χ1v) is 9.26. The molecular formula is C23H16N2O6. The summed E-state index contributed by atoms with van der Waals surface area (Å²) >= 11 is 0. The number of hydrogen-bond donors (Lipinski definition) is 2. The molecule has 0 unspecified atom stereocenters. The van der Waals surface area contributed by atoms with Crippen LogP contribution in [0.5, 0.6) is 0 Å². The molecule has 0 spiro atoms. The van der Waals surface area contributed by atoms with Gasteiger partial charge in [0.05, 0.1) is 11.3 Å². The van der Waals surface area contributed by atoms with Crippen molar-refractivity contribution in [2.75, 3.05) is 4.90 Å². The van der Waals surface area contributed by atoms with E-state index in [0.717, 1.165) is 4.90 Å². The molecule has 1 aromatic heterocycles. The van der Waals surface area contributed by atoms with Gasteiger partial charge in [0.1, 0.15) is 17.1 Å². The number of carboxylic acids is 1. The molecule has 4 amide bonds. The van der Waals surface area contributed by atoms with Gasteiger partial charge >= 0.3 is 12.0 Å². The number of carbonyl (C=O) groups is 4. The third-order valence-electron chi connectivity index (χ3n) is 4.77. The Morgan fingerprint density at radius 2 is 1.81 bits per heavy atom. The van der Waals surface area contributed by atoms with Gasteiger partial charge in [0.2, 0.25) is 0 Å². The number of anilines is 1. The zero-order valence-corrected chi connectivity index (χ0v) is 16.3. The number of furan rings is 1. The number of nitrogens with one attached hydrogen (secondary N) is 1. The fourth-order valence-corrected chi connectivity index (χ4v) is 3.22. The van der Waals surface area contributed by atoms with Crippen LogP contribution in [0.2, 0.25) is 0 Å². The Morgan fingerprint density at radius 1 is 1.03 bits per heavy atom. The van der Waals surface area contributed by atoms with Crippen LogP contribution < -0.4 is 10.2 Å². The number of hydrogen-bond acceptors (Lipinski definition) is 5. The Bertz CT molecular complexity index is 1270. The summed E-state index contributed by atoms with van der Waals surface area (Å²) in [5.41, 5.74) is 1.43. The molecule has 0 radical (unpaired) electrons. The van der Waals surface area contributed by atoms with Crippen LogP contribution >= 0.6 is 0 Å². The van der Waals surface area contributed by atoms with Gasteiger partial charge in [-0.3, -0.25) is 14.9 Å². The number of benzene rings is 2. The first-order chi connectivity index (χ1) is 14.8. The van der Waals surface area contributed by atoms with Crippen LogP contribution in [0.3, 0.4) is 0 Å².